The molecule has 3 aromatic carbocycles. The minimum atomic E-state index is -0.865. The molecule has 2 N–H and O–H groups in total. The Morgan fingerprint density at radius 2 is 1.80 bits per heavy atom. The minimum Gasteiger partial charge on any atom is -0.870 e. The molecule has 0 bridgehead atoms. The van der Waals surface area contributed by atoms with Gasteiger partial charge in [0.15, 0.2) is 0 Å². The van der Waals surface area contributed by atoms with Crippen molar-refractivity contribution in [1.29, 1.82) is 0 Å². The second kappa shape index (κ2) is 9.11. The van der Waals surface area contributed by atoms with Gasteiger partial charge in [-0.25, -0.2) is 9.18 Å². The molecule has 0 aliphatic rings. The van der Waals surface area contributed by atoms with Crippen LogP contribution in [-0.2, 0) is 6.54 Å². The Kier molecular flexibility index (Phi) is 7.42. The quantitative estimate of drug-likeness (QED) is 0.616. The minimum absolute atomic E-state index is 0. The van der Waals surface area contributed by atoms with Gasteiger partial charge in [-0.1, -0.05) is 58.1 Å². The molecule has 4 nitrogen and oxygen atoms in total. The largest absolute Gasteiger partial charge is 1.00 e. The number of hydrogen-bond donors (Lipinski definition) is 2. The average Bonchev–Trinajstić information content (AvgIpc) is 2.58. The normalized spacial score (nSPS) is 10.2. The van der Waals surface area contributed by atoms with Crippen molar-refractivity contribution < 1.29 is 65.7 Å². The molecule has 0 aliphatic heterocycles. The number of rotatable bonds is 3. The number of urea groups is 1. The zero-order chi connectivity index (χ0) is 17.1. The van der Waals surface area contributed by atoms with E-state index in [1.54, 1.807) is 18.2 Å². The smallest absolute Gasteiger partial charge is 0.870 e. The predicted molar refractivity (Wildman–Crippen MR) is 93.4 cm³/mol. The molecule has 0 radical (unpaired) electrons. The number of carbonyl (C=O) groups is 1. The number of benzene rings is 3. The van der Waals surface area contributed by atoms with Crippen molar-refractivity contribution in [3.8, 4) is 5.75 Å². The summed E-state index contributed by atoms with van der Waals surface area (Å²) >= 11 is 3.34. The first-order chi connectivity index (χ1) is 11.5. The van der Waals surface area contributed by atoms with Gasteiger partial charge in [0, 0.05) is 16.4 Å². The maximum Gasteiger partial charge on any atom is 1.00 e. The summed E-state index contributed by atoms with van der Waals surface area (Å²) in [6.45, 7) is 0.333. The van der Waals surface area contributed by atoms with Crippen molar-refractivity contribution in [2.45, 2.75) is 6.54 Å². The molecule has 3 aromatic rings. The first kappa shape index (κ1) is 20.3. The van der Waals surface area contributed by atoms with Gasteiger partial charge in [0.2, 0.25) is 0 Å². The molecule has 3 rings (SSSR count). The zero-order valence-electron chi connectivity index (χ0n) is 13.5. The summed E-state index contributed by atoms with van der Waals surface area (Å²) in [4.78, 5) is 12.1. The number of carbonyl (C=O) groups excluding carboxylic acids is 1. The van der Waals surface area contributed by atoms with E-state index in [9.17, 15) is 14.3 Å². The van der Waals surface area contributed by atoms with E-state index in [1.807, 2.05) is 24.3 Å². The zero-order valence-corrected chi connectivity index (χ0v) is 18.2. The third-order valence-electron chi connectivity index (χ3n) is 3.56. The van der Waals surface area contributed by atoms with Gasteiger partial charge in [-0.2, -0.15) is 0 Å². The van der Waals surface area contributed by atoms with Crippen LogP contribution >= 0.6 is 15.9 Å². The van der Waals surface area contributed by atoms with E-state index in [0.29, 0.717) is 11.9 Å². The Morgan fingerprint density at radius 3 is 2.52 bits per heavy atom. The predicted octanol–water partition coefficient (Wildman–Crippen LogP) is 1.14. The second-order valence-corrected chi connectivity index (χ2v) is 6.13. The molecule has 0 saturated carbocycles. The third kappa shape index (κ3) is 5.03. The van der Waals surface area contributed by atoms with Crippen LogP contribution in [0.2, 0.25) is 0 Å². The average molecular weight is 427 g/mol. The van der Waals surface area contributed by atoms with Crippen LogP contribution in [0.4, 0.5) is 14.9 Å². The standard InChI is InChI=1S/C18H14BrFN2O2.K/c19-13-7-4-11(5-8-13)10-21-18(24)22-14-3-1-2-12-6-9-15(23)17(20)16(12)14;/h1-9,23H,10H2,(H2,21,22,24);/q;+1/p-1. The SMILES string of the molecule is O=C(NCc1ccc(Br)cc1)Nc1cccc2ccc([O-])c(F)c12.[K+]. The van der Waals surface area contributed by atoms with Crippen LogP contribution in [0.15, 0.2) is 59.1 Å². The Morgan fingerprint density at radius 1 is 1.08 bits per heavy atom. The molecule has 0 saturated heterocycles. The number of hydrogen-bond acceptors (Lipinski definition) is 2. The summed E-state index contributed by atoms with van der Waals surface area (Å²) in [5.41, 5.74) is 1.19. The van der Waals surface area contributed by atoms with Gasteiger partial charge >= 0.3 is 57.4 Å². The van der Waals surface area contributed by atoms with E-state index in [1.165, 1.54) is 12.1 Å². The van der Waals surface area contributed by atoms with E-state index in [4.69, 9.17) is 0 Å². The van der Waals surface area contributed by atoms with Crippen LogP contribution in [0.5, 0.6) is 5.75 Å². The fraction of sp³-hybridized carbons (Fsp3) is 0.0556. The van der Waals surface area contributed by atoms with Crippen molar-refractivity contribution in [1.82, 2.24) is 5.32 Å². The van der Waals surface area contributed by atoms with E-state index in [2.05, 4.69) is 26.6 Å². The fourth-order valence-electron chi connectivity index (χ4n) is 2.37. The van der Waals surface area contributed by atoms with E-state index in [0.717, 1.165) is 10.0 Å². The second-order valence-electron chi connectivity index (χ2n) is 5.22. The summed E-state index contributed by atoms with van der Waals surface area (Å²) < 4.78 is 15.1. The van der Waals surface area contributed by atoms with Crippen molar-refractivity contribution in [2.75, 3.05) is 5.32 Å². The summed E-state index contributed by atoms with van der Waals surface area (Å²) in [6.07, 6.45) is 0. The number of anilines is 1. The molecular formula is C18H13BrFKN2O2. The Labute approximate surface area is 195 Å². The molecule has 25 heavy (non-hydrogen) atoms. The summed E-state index contributed by atoms with van der Waals surface area (Å²) in [5, 5.41) is 17.5. The van der Waals surface area contributed by atoms with Crippen LogP contribution in [0, 0.1) is 5.82 Å². The Hall–Kier alpha value is -0.964. The molecule has 122 valence electrons. The van der Waals surface area contributed by atoms with Crippen LogP contribution in [0.1, 0.15) is 5.56 Å². The summed E-state index contributed by atoms with van der Waals surface area (Å²) in [7, 11) is 0. The van der Waals surface area contributed by atoms with Crippen molar-refractivity contribution in [3.05, 3.63) is 70.5 Å². The monoisotopic (exact) mass is 426 g/mol. The van der Waals surface area contributed by atoms with Gasteiger partial charge in [0.25, 0.3) is 0 Å². The van der Waals surface area contributed by atoms with E-state index >= 15 is 0 Å². The summed E-state index contributed by atoms with van der Waals surface area (Å²) in [5.74, 6) is -1.57. The van der Waals surface area contributed by atoms with Crippen molar-refractivity contribution in [2.24, 2.45) is 0 Å². The maximum atomic E-state index is 14.1. The Balaban J connectivity index is 0.00000225. The van der Waals surface area contributed by atoms with Crippen LogP contribution in [0.25, 0.3) is 10.8 Å². The number of halogens is 2. The third-order valence-corrected chi connectivity index (χ3v) is 4.09. The molecule has 0 aromatic heterocycles. The molecule has 0 unspecified atom stereocenters. The van der Waals surface area contributed by atoms with E-state index in [-0.39, 0.29) is 62.5 Å². The molecule has 0 atom stereocenters. The summed E-state index contributed by atoms with van der Waals surface area (Å²) in [6, 6.07) is 14.7. The first-order valence-electron chi connectivity index (χ1n) is 7.22. The van der Waals surface area contributed by atoms with Crippen LogP contribution in [-0.4, -0.2) is 6.03 Å². The van der Waals surface area contributed by atoms with Gasteiger partial charge in [-0.3, -0.25) is 0 Å². The van der Waals surface area contributed by atoms with Gasteiger partial charge < -0.3 is 15.7 Å². The maximum absolute atomic E-state index is 14.1. The van der Waals surface area contributed by atoms with Crippen LogP contribution < -0.4 is 67.1 Å². The Bertz CT molecular complexity index is 903. The molecule has 0 fully saturated rings. The molecule has 0 heterocycles. The topological polar surface area (TPSA) is 64.2 Å². The molecular weight excluding hydrogens is 414 g/mol. The first-order valence-corrected chi connectivity index (χ1v) is 8.01. The molecule has 0 aliphatic carbocycles. The van der Waals surface area contributed by atoms with Crippen molar-refractivity contribution >= 4 is 38.4 Å². The molecule has 0 spiro atoms. The number of amides is 2. The number of fused-ring (bicyclic) bond motifs is 1. The van der Waals surface area contributed by atoms with Gasteiger partial charge in [0.1, 0.15) is 5.82 Å². The van der Waals surface area contributed by atoms with Gasteiger partial charge in [0.05, 0.1) is 5.69 Å². The van der Waals surface area contributed by atoms with Crippen molar-refractivity contribution in [3.63, 3.8) is 0 Å². The van der Waals surface area contributed by atoms with Crippen LogP contribution in [0.3, 0.4) is 0 Å². The van der Waals surface area contributed by atoms with E-state index < -0.39 is 17.6 Å². The molecule has 7 heteroatoms. The fourth-order valence-corrected chi connectivity index (χ4v) is 2.64. The van der Waals surface area contributed by atoms with Gasteiger partial charge in [-0.15, -0.1) is 0 Å². The molecule has 2 amide bonds. The number of nitrogens with one attached hydrogen (secondary N) is 2. The van der Waals surface area contributed by atoms with Gasteiger partial charge in [-0.05, 0) is 29.1 Å².